The number of nitrogens with one attached hydrogen (secondary N) is 1. The number of amides is 1. The van der Waals surface area contributed by atoms with E-state index in [1.54, 1.807) is 24.3 Å². The fraction of sp³-hybridized carbons (Fsp3) is 0.350. The van der Waals surface area contributed by atoms with Crippen LogP contribution in [0.2, 0.25) is 0 Å². The number of morpholine rings is 1. The smallest absolute Gasteiger partial charge is 0.225 e. The van der Waals surface area contributed by atoms with Gasteiger partial charge in [-0.25, -0.2) is 8.42 Å². The molecule has 1 fully saturated rings. The Morgan fingerprint density at radius 3 is 2.30 bits per heavy atom. The van der Waals surface area contributed by atoms with Crippen molar-refractivity contribution in [3.8, 4) is 0 Å². The highest BCUT2D eigenvalue weighted by Crippen LogP contribution is 2.19. The van der Waals surface area contributed by atoms with Crippen molar-refractivity contribution < 1.29 is 17.9 Å². The number of nitrogens with zero attached hydrogens (tertiary/aromatic N) is 1. The number of hydrogen-bond acceptors (Lipinski definition) is 5. The zero-order chi connectivity index (χ0) is 19.3. The van der Waals surface area contributed by atoms with Crippen molar-refractivity contribution >= 4 is 27.1 Å². The molecule has 0 aromatic heterocycles. The first-order valence-electron chi connectivity index (χ1n) is 8.96. The summed E-state index contributed by atoms with van der Waals surface area (Å²) in [5.74, 6) is -0.530. The maximum Gasteiger partial charge on any atom is 0.225 e. The first-order chi connectivity index (χ1) is 12.9. The third-order valence-electron chi connectivity index (χ3n) is 4.51. The second kappa shape index (κ2) is 8.54. The Kier molecular flexibility index (Phi) is 6.13. The second-order valence-corrected chi connectivity index (χ2v) is 8.69. The lowest BCUT2D eigenvalue weighted by Gasteiger charge is -2.28. The van der Waals surface area contributed by atoms with Crippen molar-refractivity contribution in [1.82, 2.24) is 0 Å². The number of anilines is 2. The summed E-state index contributed by atoms with van der Waals surface area (Å²) in [6.45, 7) is 5.03. The molecule has 27 heavy (non-hydrogen) atoms. The lowest BCUT2D eigenvalue weighted by Crippen LogP contribution is -2.36. The molecule has 0 bridgehead atoms. The largest absolute Gasteiger partial charge is 0.378 e. The number of carbonyl (C=O) groups is 1. The van der Waals surface area contributed by atoms with Gasteiger partial charge in [-0.05, 0) is 43.3 Å². The first kappa shape index (κ1) is 19.4. The lowest BCUT2D eigenvalue weighted by molar-refractivity contribution is -0.115. The van der Waals surface area contributed by atoms with E-state index >= 15 is 0 Å². The maximum absolute atomic E-state index is 12.3. The Morgan fingerprint density at radius 2 is 1.67 bits per heavy atom. The molecular weight excluding hydrogens is 364 g/mol. The molecule has 0 aliphatic carbocycles. The van der Waals surface area contributed by atoms with Crippen molar-refractivity contribution in [2.45, 2.75) is 18.2 Å². The van der Waals surface area contributed by atoms with Crippen LogP contribution in [0.3, 0.4) is 0 Å². The molecule has 6 nitrogen and oxygen atoms in total. The van der Waals surface area contributed by atoms with Crippen LogP contribution in [0.25, 0.3) is 0 Å². The summed E-state index contributed by atoms with van der Waals surface area (Å²) in [7, 11) is -3.46. The predicted octanol–water partition coefficient (Wildman–Crippen LogP) is 2.63. The van der Waals surface area contributed by atoms with Crippen LogP contribution >= 0.6 is 0 Å². The van der Waals surface area contributed by atoms with E-state index in [1.807, 2.05) is 31.2 Å². The van der Waals surface area contributed by atoms with Gasteiger partial charge in [-0.3, -0.25) is 4.79 Å². The fourth-order valence-corrected chi connectivity index (χ4v) is 4.13. The van der Waals surface area contributed by atoms with Crippen LogP contribution in [0.5, 0.6) is 0 Å². The minimum Gasteiger partial charge on any atom is -0.378 e. The van der Waals surface area contributed by atoms with Gasteiger partial charge in [0.15, 0.2) is 9.84 Å². The molecule has 2 aromatic rings. The lowest BCUT2D eigenvalue weighted by atomic mass is 10.2. The van der Waals surface area contributed by atoms with Gasteiger partial charge in [-0.1, -0.05) is 17.7 Å². The monoisotopic (exact) mass is 388 g/mol. The summed E-state index contributed by atoms with van der Waals surface area (Å²) in [6, 6.07) is 14.2. The molecule has 1 aliphatic rings. The van der Waals surface area contributed by atoms with Gasteiger partial charge in [0.05, 0.1) is 23.9 Å². The van der Waals surface area contributed by atoms with E-state index in [0.29, 0.717) is 18.9 Å². The van der Waals surface area contributed by atoms with Crippen LogP contribution in [0, 0.1) is 6.92 Å². The van der Waals surface area contributed by atoms with E-state index in [9.17, 15) is 13.2 Å². The van der Waals surface area contributed by atoms with Gasteiger partial charge < -0.3 is 15.0 Å². The molecule has 3 rings (SSSR count). The highest BCUT2D eigenvalue weighted by Gasteiger charge is 2.16. The molecule has 7 heteroatoms. The Labute approximate surface area is 160 Å². The number of benzene rings is 2. The summed E-state index contributed by atoms with van der Waals surface area (Å²) in [5, 5.41) is 2.76. The van der Waals surface area contributed by atoms with Gasteiger partial charge in [0, 0.05) is 30.9 Å². The zero-order valence-corrected chi connectivity index (χ0v) is 16.2. The molecule has 1 amide bonds. The van der Waals surface area contributed by atoms with Crippen molar-refractivity contribution in [3.05, 3.63) is 54.1 Å². The molecule has 0 atom stereocenters. The molecule has 0 unspecified atom stereocenters. The quantitative estimate of drug-likeness (QED) is 0.823. The van der Waals surface area contributed by atoms with Gasteiger partial charge in [0.1, 0.15) is 0 Å². The van der Waals surface area contributed by atoms with E-state index in [4.69, 9.17) is 4.74 Å². The van der Waals surface area contributed by atoms with E-state index in [1.165, 1.54) is 0 Å². The highest BCUT2D eigenvalue weighted by molar-refractivity contribution is 7.91. The topological polar surface area (TPSA) is 75.7 Å². The fourth-order valence-electron chi connectivity index (χ4n) is 2.89. The summed E-state index contributed by atoms with van der Waals surface area (Å²) in [6.07, 6.45) is -0.0819. The van der Waals surface area contributed by atoms with Gasteiger partial charge in [0.25, 0.3) is 0 Å². The number of sulfone groups is 1. The third-order valence-corrected chi connectivity index (χ3v) is 6.24. The third kappa shape index (κ3) is 5.30. The van der Waals surface area contributed by atoms with Crippen molar-refractivity contribution in [2.24, 2.45) is 0 Å². The molecule has 1 aliphatic heterocycles. The Bertz CT molecular complexity index is 871. The zero-order valence-electron chi connectivity index (χ0n) is 15.3. The van der Waals surface area contributed by atoms with E-state index in [-0.39, 0.29) is 23.0 Å². The Morgan fingerprint density at radius 1 is 1.04 bits per heavy atom. The number of carbonyl (C=O) groups excluding carboxylic acids is 1. The summed E-state index contributed by atoms with van der Waals surface area (Å²) in [4.78, 5) is 14.6. The van der Waals surface area contributed by atoms with E-state index in [2.05, 4.69) is 10.2 Å². The van der Waals surface area contributed by atoms with Gasteiger partial charge in [-0.15, -0.1) is 0 Å². The first-order valence-corrected chi connectivity index (χ1v) is 10.6. The van der Waals surface area contributed by atoms with E-state index < -0.39 is 9.84 Å². The molecule has 0 spiro atoms. The molecule has 1 saturated heterocycles. The standard InChI is InChI=1S/C20H24N2O4S/c1-16-2-8-19(9-3-16)27(24,25)15-10-20(23)21-17-4-6-18(7-5-17)22-11-13-26-14-12-22/h2-9H,10-15H2,1H3,(H,21,23). The molecule has 0 radical (unpaired) electrons. The van der Waals surface area contributed by atoms with Crippen LogP contribution in [0.4, 0.5) is 11.4 Å². The minimum atomic E-state index is -3.46. The van der Waals surface area contributed by atoms with Gasteiger partial charge in [-0.2, -0.15) is 0 Å². The Hall–Kier alpha value is -2.38. The van der Waals surface area contributed by atoms with Crippen LogP contribution < -0.4 is 10.2 Å². The highest BCUT2D eigenvalue weighted by atomic mass is 32.2. The number of hydrogen-bond donors (Lipinski definition) is 1. The average Bonchev–Trinajstić information content (AvgIpc) is 2.68. The number of ether oxygens (including phenoxy) is 1. The minimum absolute atomic E-state index is 0.0819. The number of aryl methyl sites for hydroxylation is 1. The van der Waals surface area contributed by atoms with Crippen molar-refractivity contribution in [1.29, 1.82) is 0 Å². The molecular formula is C20H24N2O4S. The Balaban J connectivity index is 1.53. The van der Waals surface area contributed by atoms with Crippen molar-refractivity contribution in [2.75, 3.05) is 42.3 Å². The van der Waals surface area contributed by atoms with Crippen LogP contribution in [0.1, 0.15) is 12.0 Å². The summed E-state index contributed by atoms with van der Waals surface area (Å²) < 4.78 is 30.0. The van der Waals surface area contributed by atoms with Crippen LogP contribution in [-0.4, -0.2) is 46.4 Å². The maximum atomic E-state index is 12.3. The molecule has 144 valence electrons. The average molecular weight is 388 g/mol. The van der Waals surface area contributed by atoms with Gasteiger partial charge in [0.2, 0.25) is 5.91 Å². The SMILES string of the molecule is Cc1ccc(S(=O)(=O)CCC(=O)Nc2ccc(N3CCOCC3)cc2)cc1. The predicted molar refractivity (Wildman–Crippen MR) is 106 cm³/mol. The number of rotatable bonds is 6. The van der Waals surface area contributed by atoms with Crippen LogP contribution in [0.15, 0.2) is 53.4 Å². The molecule has 1 heterocycles. The second-order valence-electron chi connectivity index (χ2n) is 6.58. The summed E-state index contributed by atoms with van der Waals surface area (Å²) in [5.41, 5.74) is 2.73. The van der Waals surface area contributed by atoms with Crippen molar-refractivity contribution in [3.63, 3.8) is 0 Å². The molecule has 0 saturated carbocycles. The van der Waals surface area contributed by atoms with Crippen LogP contribution in [-0.2, 0) is 19.4 Å². The molecule has 2 aromatic carbocycles. The normalized spacial score (nSPS) is 14.8. The van der Waals surface area contributed by atoms with Gasteiger partial charge >= 0.3 is 0 Å². The van der Waals surface area contributed by atoms with E-state index in [0.717, 1.165) is 24.3 Å². The summed E-state index contributed by atoms with van der Waals surface area (Å²) >= 11 is 0. The molecule has 1 N–H and O–H groups in total.